The van der Waals surface area contributed by atoms with Crippen LogP contribution in [0.15, 0.2) is 41.8 Å². The van der Waals surface area contributed by atoms with Gasteiger partial charge in [0.05, 0.1) is 19.3 Å². The van der Waals surface area contributed by atoms with Gasteiger partial charge in [-0.05, 0) is 34.6 Å². The van der Waals surface area contributed by atoms with Gasteiger partial charge < -0.3 is 14.8 Å². The van der Waals surface area contributed by atoms with Crippen LogP contribution < -0.4 is 10.1 Å². The van der Waals surface area contributed by atoms with Gasteiger partial charge >= 0.3 is 0 Å². The zero-order valence-electron chi connectivity index (χ0n) is 16.9. The maximum atomic E-state index is 12.3. The summed E-state index contributed by atoms with van der Waals surface area (Å²) in [6, 6.07) is 12.3. The average molecular weight is 403 g/mol. The van der Waals surface area contributed by atoms with Crippen molar-refractivity contribution in [1.82, 2.24) is 10.2 Å². The third-order valence-electron chi connectivity index (χ3n) is 4.94. The van der Waals surface area contributed by atoms with Crippen LogP contribution in [-0.2, 0) is 14.9 Å². The highest BCUT2D eigenvalue weighted by atomic mass is 32.1. The molecule has 2 aromatic rings. The number of nitrogens with zero attached hydrogens (tertiary/aromatic N) is 1. The molecule has 1 atom stereocenters. The minimum atomic E-state index is -0.102. The first-order valence-electron chi connectivity index (χ1n) is 9.79. The number of hydrogen-bond acceptors (Lipinski definition) is 5. The highest BCUT2D eigenvalue weighted by molar-refractivity contribution is 7.10. The van der Waals surface area contributed by atoms with E-state index in [1.165, 1.54) is 10.4 Å². The maximum Gasteiger partial charge on any atom is 0.258 e. The number of morpholine rings is 1. The zero-order chi connectivity index (χ0) is 20.0. The second kappa shape index (κ2) is 9.54. The molecule has 0 bridgehead atoms. The van der Waals surface area contributed by atoms with Crippen LogP contribution in [0.1, 0.15) is 37.3 Å². The number of hydrogen-bond donors (Lipinski definition) is 1. The molecule has 6 heteroatoms. The molecule has 1 amide bonds. The highest BCUT2D eigenvalue weighted by Gasteiger charge is 2.24. The lowest BCUT2D eigenvalue weighted by molar-refractivity contribution is -0.123. The standard InChI is InChI=1S/C22H30N2O3S/c1-22(2,3)17-6-8-18(9-7-17)27-16-21(25)23-15-19(20-5-4-14-28-20)24-10-12-26-13-11-24/h4-9,14,19H,10-13,15-16H2,1-3H3,(H,23,25)/t19-/m1/s1. The molecule has 1 aliphatic heterocycles. The van der Waals surface area contributed by atoms with Crippen LogP contribution in [0, 0.1) is 0 Å². The van der Waals surface area contributed by atoms with Gasteiger partial charge in [0.25, 0.3) is 5.91 Å². The molecule has 1 fully saturated rings. The number of amides is 1. The van der Waals surface area contributed by atoms with Crippen LogP contribution in [0.3, 0.4) is 0 Å². The van der Waals surface area contributed by atoms with Gasteiger partial charge in [0.15, 0.2) is 6.61 Å². The predicted octanol–water partition coefficient (Wildman–Crippen LogP) is 3.61. The van der Waals surface area contributed by atoms with Crippen LogP contribution >= 0.6 is 11.3 Å². The Bertz CT molecular complexity index is 732. The molecule has 1 aromatic heterocycles. The zero-order valence-corrected chi connectivity index (χ0v) is 17.8. The van der Waals surface area contributed by atoms with E-state index in [1.54, 1.807) is 11.3 Å². The average Bonchev–Trinajstić information content (AvgIpc) is 3.21. The van der Waals surface area contributed by atoms with Gasteiger partial charge in [-0.1, -0.05) is 39.0 Å². The first-order chi connectivity index (χ1) is 13.4. The van der Waals surface area contributed by atoms with E-state index in [1.807, 2.05) is 12.1 Å². The molecule has 28 heavy (non-hydrogen) atoms. The van der Waals surface area contributed by atoms with E-state index in [0.29, 0.717) is 12.3 Å². The summed E-state index contributed by atoms with van der Waals surface area (Å²) < 4.78 is 11.1. The molecular weight excluding hydrogens is 372 g/mol. The lowest BCUT2D eigenvalue weighted by atomic mass is 9.87. The summed E-state index contributed by atoms with van der Waals surface area (Å²) in [5, 5.41) is 5.11. The van der Waals surface area contributed by atoms with Crippen molar-refractivity contribution in [3.8, 4) is 5.75 Å². The molecule has 1 N–H and O–H groups in total. The molecule has 0 aliphatic carbocycles. The first kappa shape index (κ1) is 20.8. The number of benzene rings is 1. The number of carbonyl (C=O) groups is 1. The lowest BCUT2D eigenvalue weighted by Crippen LogP contribution is -2.44. The Hall–Kier alpha value is -1.89. The van der Waals surface area contributed by atoms with Crippen LogP contribution in [0.4, 0.5) is 0 Å². The van der Waals surface area contributed by atoms with E-state index < -0.39 is 0 Å². The van der Waals surface area contributed by atoms with Crippen molar-refractivity contribution in [2.75, 3.05) is 39.5 Å². The van der Waals surface area contributed by atoms with Gasteiger partial charge in [0.1, 0.15) is 5.75 Å². The Balaban J connectivity index is 1.50. The molecule has 0 radical (unpaired) electrons. The second-order valence-electron chi connectivity index (χ2n) is 8.05. The Kier molecular flexibility index (Phi) is 7.10. The van der Waals surface area contributed by atoms with Crippen LogP contribution in [-0.4, -0.2) is 50.3 Å². The SMILES string of the molecule is CC(C)(C)c1ccc(OCC(=O)NC[C@H](c2cccs2)N2CCOCC2)cc1. The molecule has 1 aromatic carbocycles. The van der Waals surface area contributed by atoms with Gasteiger partial charge in [0.2, 0.25) is 0 Å². The molecule has 2 heterocycles. The van der Waals surface area contributed by atoms with E-state index in [-0.39, 0.29) is 24.0 Å². The molecule has 0 unspecified atom stereocenters. The fourth-order valence-electron chi connectivity index (χ4n) is 3.24. The van der Waals surface area contributed by atoms with Crippen LogP contribution in [0.25, 0.3) is 0 Å². The van der Waals surface area contributed by atoms with E-state index in [0.717, 1.165) is 26.3 Å². The van der Waals surface area contributed by atoms with Crippen LogP contribution in [0.5, 0.6) is 5.75 Å². The molecule has 5 nitrogen and oxygen atoms in total. The normalized spacial score (nSPS) is 16.5. The summed E-state index contributed by atoms with van der Waals surface area (Å²) in [6.07, 6.45) is 0. The Labute approximate surface area is 171 Å². The minimum Gasteiger partial charge on any atom is -0.484 e. The molecule has 1 aliphatic rings. The number of nitrogens with one attached hydrogen (secondary N) is 1. The monoisotopic (exact) mass is 402 g/mol. The summed E-state index contributed by atoms with van der Waals surface area (Å²) in [6.45, 7) is 10.4. The highest BCUT2D eigenvalue weighted by Crippen LogP contribution is 2.26. The summed E-state index contributed by atoms with van der Waals surface area (Å²) in [4.78, 5) is 16.0. The summed E-state index contributed by atoms with van der Waals surface area (Å²) in [7, 11) is 0. The fraction of sp³-hybridized carbons (Fsp3) is 0.500. The summed E-state index contributed by atoms with van der Waals surface area (Å²) in [5.74, 6) is 0.612. The van der Waals surface area contributed by atoms with Crippen molar-refractivity contribution in [1.29, 1.82) is 0 Å². The molecule has 0 saturated carbocycles. The van der Waals surface area contributed by atoms with Gasteiger partial charge in [-0.15, -0.1) is 11.3 Å². The Morgan fingerprint density at radius 1 is 1.21 bits per heavy atom. The summed E-state index contributed by atoms with van der Waals surface area (Å²) >= 11 is 1.72. The second-order valence-corrected chi connectivity index (χ2v) is 9.03. The van der Waals surface area contributed by atoms with E-state index in [9.17, 15) is 4.79 Å². The minimum absolute atomic E-state index is 0.0230. The number of ether oxygens (including phenoxy) is 2. The Morgan fingerprint density at radius 3 is 2.54 bits per heavy atom. The van der Waals surface area contributed by atoms with E-state index in [4.69, 9.17) is 9.47 Å². The van der Waals surface area contributed by atoms with E-state index in [2.05, 4.69) is 60.6 Å². The smallest absolute Gasteiger partial charge is 0.258 e. The van der Waals surface area contributed by atoms with Gasteiger partial charge in [-0.25, -0.2) is 0 Å². The number of thiophene rings is 1. The summed E-state index contributed by atoms with van der Waals surface area (Å²) in [5.41, 5.74) is 1.35. The largest absolute Gasteiger partial charge is 0.484 e. The molecule has 152 valence electrons. The van der Waals surface area contributed by atoms with Crippen molar-refractivity contribution in [2.45, 2.75) is 32.2 Å². The van der Waals surface area contributed by atoms with Gasteiger partial charge in [0, 0.05) is 24.5 Å². The quantitative estimate of drug-likeness (QED) is 0.769. The third-order valence-corrected chi connectivity index (χ3v) is 5.91. The number of rotatable bonds is 7. The Morgan fingerprint density at radius 2 is 1.93 bits per heavy atom. The molecular formula is C22H30N2O3S. The van der Waals surface area contributed by atoms with Crippen molar-refractivity contribution in [3.05, 3.63) is 52.2 Å². The topological polar surface area (TPSA) is 50.8 Å². The lowest BCUT2D eigenvalue weighted by Gasteiger charge is -2.34. The van der Waals surface area contributed by atoms with Crippen molar-refractivity contribution in [3.63, 3.8) is 0 Å². The third kappa shape index (κ3) is 5.80. The van der Waals surface area contributed by atoms with Crippen molar-refractivity contribution >= 4 is 17.2 Å². The maximum absolute atomic E-state index is 12.3. The van der Waals surface area contributed by atoms with Gasteiger partial charge in [-0.2, -0.15) is 0 Å². The van der Waals surface area contributed by atoms with Gasteiger partial charge in [-0.3, -0.25) is 9.69 Å². The van der Waals surface area contributed by atoms with Crippen molar-refractivity contribution < 1.29 is 14.3 Å². The molecule has 1 saturated heterocycles. The fourth-order valence-corrected chi connectivity index (χ4v) is 4.10. The predicted molar refractivity (Wildman–Crippen MR) is 113 cm³/mol. The van der Waals surface area contributed by atoms with Crippen LogP contribution in [0.2, 0.25) is 0 Å². The molecule has 0 spiro atoms. The first-order valence-corrected chi connectivity index (χ1v) is 10.7. The molecule has 3 rings (SSSR count). The number of carbonyl (C=O) groups excluding carboxylic acids is 1. The van der Waals surface area contributed by atoms with Crippen molar-refractivity contribution in [2.24, 2.45) is 0 Å². The van der Waals surface area contributed by atoms with E-state index >= 15 is 0 Å².